The molecule has 1 N–H and O–H groups in total. The SMILES string of the molecule is CCC1(C)CN(c2cn(C)nc2C)C(C)CN1. The molecule has 0 radical (unpaired) electrons. The average Bonchev–Trinajstić information content (AvgIpc) is 2.62. The van der Waals surface area contributed by atoms with Crippen LogP contribution in [0, 0.1) is 6.92 Å². The van der Waals surface area contributed by atoms with Crippen LogP contribution in [0.1, 0.15) is 32.9 Å². The van der Waals surface area contributed by atoms with Gasteiger partial charge in [0.1, 0.15) is 0 Å². The number of anilines is 1. The third-order valence-electron chi connectivity index (χ3n) is 3.95. The third-order valence-corrected chi connectivity index (χ3v) is 3.95. The van der Waals surface area contributed by atoms with Crippen molar-refractivity contribution in [1.29, 1.82) is 0 Å². The molecule has 0 amide bonds. The molecule has 1 fully saturated rings. The molecule has 0 aliphatic carbocycles. The fourth-order valence-corrected chi connectivity index (χ4v) is 2.52. The highest BCUT2D eigenvalue weighted by Gasteiger charge is 2.33. The van der Waals surface area contributed by atoms with Crippen molar-refractivity contribution in [3.05, 3.63) is 11.9 Å². The van der Waals surface area contributed by atoms with Crippen molar-refractivity contribution in [3.8, 4) is 0 Å². The van der Waals surface area contributed by atoms with Gasteiger partial charge in [0, 0.05) is 37.9 Å². The highest BCUT2D eigenvalue weighted by molar-refractivity contribution is 5.51. The Morgan fingerprint density at radius 1 is 1.59 bits per heavy atom. The summed E-state index contributed by atoms with van der Waals surface area (Å²) in [6.45, 7) is 11.0. The predicted octanol–water partition coefficient (Wildman–Crippen LogP) is 1.70. The number of nitrogens with zero attached hydrogens (tertiary/aromatic N) is 3. The minimum Gasteiger partial charge on any atom is -0.363 e. The van der Waals surface area contributed by atoms with Crippen LogP contribution in [0.3, 0.4) is 0 Å². The highest BCUT2D eigenvalue weighted by Crippen LogP contribution is 2.27. The molecule has 2 rings (SSSR count). The standard InChI is InChI=1S/C13H24N4/c1-6-13(4)9-17(10(2)7-14-13)12-8-16(5)15-11(12)3/h8,10,14H,6-7,9H2,1-5H3. The Morgan fingerprint density at radius 2 is 2.29 bits per heavy atom. The molecule has 4 heteroatoms. The van der Waals surface area contributed by atoms with Crippen LogP contribution in [0.2, 0.25) is 0 Å². The molecule has 0 aromatic carbocycles. The van der Waals surface area contributed by atoms with Crippen LogP contribution in [0.15, 0.2) is 6.20 Å². The van der Waals surface area contributed by atoms with E-state index in [0.717, 1.165) is 25.2 Å². The van der Waals surface area contributed by atoms with E-state index in [-0.39, 0.29) is 5.54 Å². The van der Waals surface area contributed by atoms with Gasteiger partial charge in [-0.1, -0.05) is 6.92 Å². The summed E-state index contributed by atoms with van der Waals surface area (Å²) in [6, 6.07) is 0.525. The minimum atomic E-state index is 0.217. The molecule has 96 valence electrons. The summed E-state index contributed by atoms with van der Waals surface area (Å²) < 4.78 is 1.91. The van der Waals surface area contributed by atoms with Crippen LogP contribution in [-0.4, -0.2) is 34.5 Å². The van der Waals surface area contributed by atoms with E-state index in [1.807, 2.05) is 11.7 Å². The van der Waals surface area contributed by atoms with Crippen molar-refractivity contribution < 1.29 is 0 Å². The Labute approximate surface area is 104 Å². The predicted molar refractivity (Wildman–Crippen MR) is 71.5 cm³/mol. The largest absolute Gasteiger partial charge is 0.363 e. The Bertz CT molecular complexity index is 398. The zero-order chi connectivity index (χ0) is 12.6. The van der Waals surface area contributed by atoms with Gasteiger partial charge in [-0.3, -0.25) is 4.68 Å². The maximum Gasteiger partial charge on any atom is 0.0827 e. The molecule has 2 heterocycles. The van der Waals surface area contributed by atoms with Gasteiger partial charge < -0.3 is 10.2 Å². The number of rotatable bonds is 2. The van der Waals surface area contributed by atoms with E-state index in [9.17, 15) is 0 Å². The smallest absolute Gasteiger partial charge is 0.0827 e. The molecule has 0 saturated carbocycles. The lowest BCUT2D eigenvalue weighted by Crippen LogP contribution is -2.62. The van der Waals surface area contributed by atoms with E-state index in [0.29, 0.717) is 6.04 Å². The van der Waals surface area contributed by atoms with Gasteiger partial charge in [-0.2, -0.15) is 5.10 Å². The number of piperazine rings is 1. The van der Waals surface area contributed by atoms with Gasteiger partial charge in [-0.05, 0) is 27.2 Å². The second-order valence-electron chi connectivity index (χ2n) is 5.55. The number of hydrogen-bond donors (Lipinski definition) is 1. The molecule has 1 aromatic heterocycles. The van der Waals surface area contributed by atoms with E-state index in [4.69, 9.17) is 0 Å². The Kier molecular flexibility index (Phi) is 3.17. The zero-order valence-corrected chi connectivity index (χ0v) is 11.6. The molecule has 1 aromatic rings. The Hall–Kier alpha value is -1.03. The molecular formula is C13H24N4. The normalized spacial score (nSPS) is 29.7. The quantitative estimate of drug-likeness (QED) is 0.848. The van der Waals surface area contributed by atoms with Gasteiger partial charge in [0.25, 0.3) is 0 Å². The van der Waals surface area contributed by atoms with Gasteiger partial charge in [-0.15, -0.1) is 0 Å². The van der Waals surface area contributed by atoms with Crippen LogP contribution in [0.5, 0.6) is 0 Å². The molecule has 1 aliphatic rings. The molecule has 0 spiro atoms. The molecule has 1 saturated heterocycles. The molecular weight excluding hydrogens is 212 g/mol. The number of aryl methyl sites for hydroxylation is 2. The van der Waals surface area contributed by atoms with Crippen molar-refractivity contribution in [2.75, 3.05) is 18.0 Å². The minimum absolute atomic E-state index is 0.217. The van der Waals surface area contributed by atoms with Crippen LogP contribution in [0.25, 0.3) is 0 Å². The molecule has 1 aliphatic heterocycles. The summed E-state index contributed by atoms with van der Waals surface area (Å²) >= 11 is 0. The number of nitrogens with one attached hydrogen (secondary N) is 1. The van der Waals surface area contributed by atoms with E-state index in [2.05, 4.69) is 49.2 Å². The van der Waals surface area contributed by atoms with Gasteiger partial charge in [0.05, 0.1) is 11.4 Å². The van der Waals surface area contributed by atoms with Crippen LogP contribution in [-0.2, 0) is 7.05 Å². The summed E-state index contributed by atoms with van der Waals surface area (Å²) in [5, 5.41) is 8.10. The lowest BCUT2D eigenvalue weighted by atomic mass is 9.93. The topological polar surface area (TPSA) is 33.1 Å². The molecule has 0 bridgehead atoms. The zero-order valence-electron chi connectivity index (χ0n) is 11.6. The van der Waals surface area contributed by atoms with Gasteiger partial charge in [0.15, 0.2) is 0 Å². The lowest BCUT2D eigenvalue weighted by molar-refractivity contribution is 0.285. The average molecular weight is 236 g/mol. The van der Waals surface area contributed by atoms with Crippen LogP contribution >= 0.6 is 0 Å². The maximum atomic E-state index is 4.45. The van der Waals surface area contributed by atoms with E-state index >= 15 is 0 Å². The number of aromatic nitrogens is 2. The second kappa shape index (κ2) is 4.33. The molecule has 17 heavy (non-hydrogen) atoms. The maximum absolute atomic E-state index is 4.45. The Balaban J connectivity index is 2.27. The summed E-state index contributed by atoms with van der Waals surface area (Å²) in [5.41, 5.74) is 2.62. The fourth-order valence-electron chi connectivity index (χ4n) is 2.52. The van der Waals surface area contributed by atoms with Crippen LogP contribution in [0.4, 0.5) is 5.69 Å². The van der Waals surface area contributed by atoms with Gasteiger partial charge in [-0.25, -0.2) is 0 Å². The summed E-state index contributed by atoms with van der Waals surface area (Å²) in [6.07, 6.45) is 3.28. The second-order valence-corrected chi connectivity index (χ2v) is 5.55. The molecule has 4 nitrogen and oxygen atoms in total. The van der Waals surface area contributed by atoms with E-state index < -0.39 is 0 Å². The van der Waals surface area contributed by atoms with Crippen molar-refractivity contribution in [1.82, 2.24) is 15.1 Å². The number of hydrogen-bond acceptors (Lipinski definition) is 3. The van der Waals surface area contributed by atoms with Crippen molar-refractivity contribution in [3.63, 3.8) is 0 Å². The lowest BCUT2D eigenvalue weighted by Gasteiger charge is -2.45. The summed E-state index contributed by atoms with van der Waals surface area (Å²) in [5.74, 6) is 0. The van der Waals surface area contributed by atoms with E-state index in [1.165, 1.54) is 5.69 Å². The summed E-state index contributed by atoms with van der Waals surface area (Å²) in [4.78, 5) is 2.49. The van der Waals surface area contributed by atoms with Gasteiger partial charge in [0.2, 0.25) is 0 Å². The first-order valence-corrected chi connectivity index (χ1v) is 6.47. The van der Waals surface area contributed by atoms with Crippen molar-refractivity contribution in [2.24, 2.45) is 7.05 Å². The first-order valence-electron chi connectivity index (χ1n) is 6.47. The Morgan fingerprint density at radius 3 is 2.82 bits per heavy atom. The van der Waals surface area contributed by atoms with Crippen molar-refractivity contribution >= 4 is 5.69 Å². The molecule has 2 unspecified atom stereocenters. The fraction of sp³-hybridized carbons (Fsp3) is 0.769. The van der Waals surface area contributed by atoms with E-state index in [1.54, 1.807) is 0 Å². The van der Waals surface area contributed by atoms with Crippen molar-refractivity contribution in [2.45, 2.75) is 45.7 Å². The first-order chi connectivity index (χ1) is 7.95. The summed E-state index contributed by atoms with van der Waals surface area (Å²) in [7, 11) is 1.99. The van der Waals surface area contributed by atoms with Gasteiger partial charge >= 0.3 is 0 Å². The molecule has 2 atom stereocenters. The monoisotopic (exact) mass is 236 g/mol. The third kappa shape index (κ3) is 2.32. The highest BCUT2D eigenvalue weighted by atomic mass is 15.3. The van der Waals surface area contributed by atoms with Crippen LogP contribution < -0.4 is 10.2 Å². The first kappa shape index (κ1) is 12.4.